The molecule has 3 aromatic rings. The molecule has 0 saturated carbocycles. The summed E-state index contributed by atoms with van der Waals surface area (Å²) in [5.41, 5.74) is 1.54. The molecule has 1 aliphatic rings. The quantitative estimate of drug-likeness (QED) is 0.636. The van der Waals surface area contributed by atoms with Gasteiger partial charge in [0.15, 0.2) is 0 Å². The zero-order valence-corrected chi connectivity index (χ0v) is 15.9. The monoisotopic (exact) mass is 395 g/mol. The largest absolute Gasteiger partial charge is 0.390 e. The maximum atomic E-state index is 12.8. The van der Waals surface area contributed by atoms with Gasteiger partial charge < -0.3 is 10.4 Å². The van der Waals surface area contributed by atoms with E-state index in [2.05, 4.69) is 20.5 Å². The van der Waals surface area contributed by atoms with Crippen LogP contribution in [0.3, 0.4) is 0 Å². The van der Waals surface area contributed by atoms with Gasteiger partial charge >= 0.3 is 0 Å². The van der Waals surface area contributed by atoms with Crippen molar-refractivity contribution in [2.24, 2.45) is 0 Å². The van der Waals surface area contributed by atoms with E-state index in [0.717, 1.165) is 5.56 Å². The molecule has 0 fully saturated rings. The number of aryl methyl sites for hydroxylation is 1. The van der Waals surface area contributed by atoms with Gasteiger partial charge in [0.2, 0.25) is 5.82 Å². The molecule has 10 nitrogen and oxygen atoms in total. The Hall–Kier alpha value is -3.53. The molecule has 0 radical (unpaired) electrons. The Labute approximate surface area is 166 Å². The summed E-state index contributed by atoms with van der Waals surface area (Å²) in [5, 5.41) is 20.5. The van der Waals surface area contributed by atoms with Gasteiger partial charge in [0.05, 0.1) is 18.8 Å². The van der Waals surface area contributed by atoms with E-state index < -0.39 is 11.9 Å². The Bertz CT molecular complexity index is 1030. The van der Waals surface area contributed by atoms with Crippen molar-refractivity contribution in [3.05, 3.63) is 59.8 Å². The van der Waals surface area contributed by atoms with Crippen molar-refractivity contribution in [3.8, 4) is 0 Å². The van der Waals surface area contributed by atoms with Crippen molar-refractivity contribution in [1.29, 1.82) is 0 Å². The van der Waals surface area contributed by atoms with Crippen molar-refractivity contribution in [2.45, 2.75) is 32.2 Å². The lowest BCUT2D eigenvalue weighted by molar-refractivity contribution is -0.120. The highest BCUT2D eigenvalue weighted by Crippen LogP contribution is 2.21. The molecule has 2 N–H and O–H groups in total. The van der Waals surface area contributed by atoms with Crippen LogP contribution >= 0.6 is 0 Å². The molecule has 0 aliphatic carbocycles. The fourth-order valence-corrected chi connectivity index (χ4v) is 3.29. The van der Waals surface area contributed by atoms with Crippen molar-refractivity contribution in [2.75, 3.05) is 11.9 Å². The van der Waals surface area contributed by atoms with Crippen LogP contribution in [-0.2, 0) is 24.5 Å². The van der Waals surface area contributed by atoms with E-state index in [1.54, 1.807) is 22.5 Å². The van der Waals surface area contributed by atoms with Gasteiger partial charge in [-0.25, -0.2) is 14.3 Å². The number of rotatable bonds is 5. The smallest absolute Gasteiger partial charge is 0.291 e. The van der Waals surface area contributed by atoms with Gasteiger partial charge in [-0.05, 0) is 12.0 Å². The van der Waals surface area contributed by atoms with Crippen LogP contribution in [0.5, 0.6) is 0 Å². The normalized spacial score (nSPS) is 16.4. The maximum Gasteiger partial charge on any atom is 0.291 e. The van der Waals surface area contributed by atoms with E-state index in [4.69, 9.17) is 0 Å². The van der Waals surface area contributed by atoms with Crippen molar-refractivity contribution < 1.29 is 14.7 Å². The van der Waals surface area contributed by atoms with Gasteiger partial charge in [0, 0.05) is 19.7 Å². The number of nitrogens with one attached hydrogen (secondary N) is 1. The van der Waals surface area contributed by atoms with Crippen molar-refractivity contribution >= 4 is 17.6 Å². The molecule has 0 spiro atoms. The Morgan fingerprint density at radius 1 is 1.28 bits per heavy atom. The predicted molar refractivity (Wildman–Crippen MR) is 103 cm³/mol. The minimum atomic E-state index is -0.715. The van der Waals surface area contributed by atoms with E-state index in [0.29, 0.717) is 31.0 Å². The first-order chi connectivity index (χ1) is 14.0. The number of carbonyl (C=O) groups excluding carboxylic acids is 2. The van der Waals surface area contributed by atoms with E-state index in [-0.39, 0.29) is 18.3 Å². The maximum absolute atomic E-state index is 12.8. The molecule has 29 heavy (non-hydrogen) atoms. The van der Waals surface area contributed by atoms with Gasteiger partial charge in [-0.15, -0.1) is 5.10 Å². The number of amides is 2. The first kappa shape index (κ1) is 18.8. The summed E-state index contributed by atoms with van der Waals surface area (Å²) in [7, 11) is 1.62. The number of nitrogens with zero attached hydrogens (tertiary/aromatic N) is 6. The summed E-state index contributed by atoms with van der Waals surface area (Å²) in [6.45, 7) is 0.742. The average Bonchev–Trinajstić information content (AvgIpc) is 3.35. The first-order valence-corrected chi connectivity index (χ1v) is 9.24. The molecule has 1 aliphatic heterocycles. The molecule has 2 aromatic heterocycles. The Morgan fingerprint density at radius 2 is 2.07 bits per heavy atom. The summed E-state index contributed by atoms with van der Waals surface area (Å²) < 4.78 is 3.24. The van der Waals surface area contributed by atoms with Crippen LogP contribution in [-0.4, -0.2) is 54.6 Å². The summed E-state index contributed by atoms with van der Waals surface area (Å²) in [6.07, 6.45) is 1.87. The number of hydrogen-bond acceptors (Lipinski definition) is 6. The molecular formula is C19H21N7O3. The van der Waals surface area contributed by atoms with Crippen LogP contribution in [0.4, 0.5) is 5.82 Å². The molecular weight excluding hydrogens is 374 g/mol. The topological polar surface area (TPSA) is 118 Å². The Morgan fingerprint density at radius 3 is 2.83 bits per heavy atom. The van der Waals surface area contributed by atoms with Gasteiger partial charge in [-0.3, -0.25) is 14.5 Å². The van der Waals surface area contributed by atoms with Crippen LogP contribution in [0.1, 0.15) is 28.3 Å². The molecule has 1 aromatic carbocycles. The van der Waals surface area contributed by atoms with Gasteiger partial charge in [-0.1, -0.05) is 30.3 Å². The zero-order chi connectivity index (χ0) is 20.4. The summed E-state index contributed by atoms with van der Waals surface area (Å²) in [4.78, 5) is 30.9. The second kappa shape index (κ2) is 7.84. The molecule has 1 atom stereocenters. The third-order valence-electron chi connectivity index (χ3n) is 4.81. The number of likely N-dealkylation sites (N-methyl/N-ethyl adjacent to an activating group) is 1. The van der Waals surface area contributed by atoms with Crippen LogP contribution in [0.25, 0.3) is 0 Å². The van der Waals surface area contributed by atoms with E-state index in [1.807, 2.05) is 30.3 Å². The number of aliphatic hydroxyl groups excluding tert-OH is 1. The molecule has 0 bridgehead atoms. The zero-order valence-electron chi connectivity index (χ0n) is 15.9. The molecule has 3 heterocycles. The van der Waals surface area contributed by atoms with E-state index in [9.17, 15) is 14.7 Å². The highest BCUT2D eigenvalue weighted by Gasteiger charge is 2.31. The summed E-state index contributed by atoms with van der Waals surface area (Å²) in [6, 6.07) is 10.7. The number of hydrogen-bond donors (Lipinski definition) is 2. The Balaban J connectivity index is 1.43. The minimum absolute atomic E-state index is 0.0148. The summed E-state index contributed by atoms with van der Waals surface area (Å²) >= 11 is 0. The average molecular weight is 395 g/mol. The van der Waals surface area contributed by atoms with Crippen LogP contribution < -0.4 is 10.2 Å². The SMILES string of the molecule is CN1C(=O)C(NC(=O)c2ncn(Cc3ccccc3)n2)CCn2nc(CO)cc21. The van der Waals surface area contributed by atoms with Crippen LogP contribution in [0.2, 0.25) is 0 Å². The second-order valence-corrected chi connectivity index (χ2v) is 6.84. The number of fused-ring (bicyclic) bond motifs is 1. The lowest BCUT2D eigenvalue weighted by atomic mass is 10.2. The van der Waals surface area contributed by atoms with Gasteiger partial charge in [0.1, 0.15) is 18.2 Å². The van der Waals surface area contributed by atoms with E-state index >= 15 is 0 Å². The van der Waals surface area contributed by atoms with E-state index in [1.165, 1.54) is 11.2 Å². The number of anilines is 1. The highest BCUT2D eigenvalue weighted by molar-refractivity contribution is 6.00. The second-order valence-electron chi connectivity index (χ2n) is 6.84. The van der Waals surface area contributed by atoms with Gasteiger partial charge in [-0.2, -0.15) is 5.10 Å². The molecule has 1 unspecified atom stereocenters. The van der Waals surface area contributed by atoms with Crippen LogP contribution in [0.15, 0.2) is 42.7 Å². The van der Waals surface area contributed by atoms with Crippen LogP contribution in [0, 0.1) is 0 Å². The highest BCUT2D eigenvalue weighted by atomic mass is 16.3. The number of benzene rings is 1. The number of carbonyl (C=O) groups is 2. The third kappa shape index (κ3) is 3.87. The number of aromatic nitrogens is 5. The van der Waals surface area contributed by atoms with Gasteiger partial charge in [0.25, 0.3) is 11.8 Å². The lowest BCUT2D eigenvalue weighted by Crippen LogP contribution is -2.47. The molecule has 0 saturated heterocycles. The number of aliphatic hydroxyl groups is 1. The molecule has 150 valence electrons. The first-order valence-electron chi connectivity index (χ1n) is 9.24. The minimum Gasteiger partial charge on any atom is -0.390 e. The Kier molecular flexibility index (Phi) is 5.09. The predicted octanol–water partition coefficient (Wildman–Crippen LogP) is 0.180. The third-order valence-corrected chi connectivity index (χ3v) is 4.81. The summed E-state index contributed by atoms with van der Waals surface area (Å²) in [5.74, 6) is -0.161. The molecule has 10 heteroatoms. The van der Waals surface area contributed by atoms with Crippen molar-refractivity contribution in [3.63, 3.8) is 0 Å². The molecule has 2 amide bonds. The fraction of sp³-hybridized carbons (Fsp3) is 0.316. The molecule has 4 rings (SSSR count). The lowest BCUT2D eigenvalue weighted by Gasteiger charge is -2.19. The standard InChI is InChI=1S/C19H21N7O3/c1-24-16-9-14(11-27)22-26(16)8-7-15(19(24)29)21-18(28)17-20-12-25(23-17)10-13-5-3-2-4-6-13/h2-6,9,12,15,27H,7-8,10-11H2,1H3,(H,21,28). The van der Waals surface area contributed by atoms with Crippen molar-refractivity contribution in [1.82, 2.24) is 29.9 Å². The fourth-order valence-electron chi connectivity index (χ4n) is 3.29.